The fraction of sp³-hybridized carbons (Fsp3) is 0.308. The summed E-state index contributed by atoms with van der Waals surface area (Å²) in [6.07, 6.45) is 1.30. The minimum absolute atomic E-state index is 0.0448. The van der Waals surface area contributed by atoms with E-state index in [1.165, 1.54) is 22.6 Å². The van der Waals surface area contributed by atoms with Crippen molar-refractivity contribution in [2.45, 2.75) is 18.7 Å². The Labute approximate surface area is 117 Å². The lowest BCUT2D eigenvalue weighted by atomic mass is 10.2. The van der Waals surface area contributed by atoms with Gasteiger partial charge in [0.15, 0.2) is 0 Å². The molecule has 2 aromatic rings. The van der Waals surface area contributed by atoms with Crippen molar-refractivity contribution in [3.05, 3.63) is 30.0 Å². The zero-order chi connectivity index (χ0) is 14.9. The Bertz CT molecular complexity index is 745. The number of sulfonamides is 1. The fourth-order valence-electron chi connectivity index (χ4n) is 2.14. The first-order valence-electron chi connectivity index (χ1n) is 6.24. The molecule has 0 bridgehead atoms. The van der Waals surface area contributed by atoms with E-state index in [1.54, 1.807) is 19.9 Å². The molecule has 0 amide bonds. The predicted molar refractivity (Wildman–Crippen MR) is 72.7 cm³/mol. The lowest BCUT2D eigenvalue weighted by molar-refractivity contribution is -0.254. The number of carbonyl (C=O) groups is 1. The molecule has 20 heavy (non-hydrogen) atoms. The predicted octanol–water partition coefficient (Wildman–Crippen LogP) is 0.562. The summed E-state index contributed by atoms with van der Waals surface area (Å²) in [6.45, 7) is 4.22. The molecule has 1 aromatic carbocycles. The van der Waals surface area contributed by atoms with Crippen molar-refractivity contribution in [1.29, 1.82) is 0 Å². The molecule has 0 atom stereocenters. The van der Waals surface area contributed by atoms with Crippen LogP contribution >= 0.6 is 0 Å². The summed E-state index contributed by atoms with van der Waals surface area (Å²) in [6, 6.07) is 4.38. The minimum Gasteiger partial charge on any atom is -0.545 e. The largest absolute Gasteiger partial charge is 0.545 e. The van der Waals surface area contributed by atoms with Crippen LogP contribution in [0.15, 0.2) is 29.3 Å². The van der Waals surface area contributed by atoms with Gasteiger partial charge in [-0.25, -0.2) is 8.42 Å². The second kappa shape index (κ2) is 5.26. The maximum absolute atomic E-state index is 12.4. The molecule has 7 heteroatoms. The number of nitrogens with zero attached hydrogens (tertiary/aromatic N) is 1. The van der Waals surface area contributed by atoms with E-state index in [1.807, 2.05) is 0 Å². The zero-order valence-corrected chi connectivity index (χ0v) is 12.0. The second-order valence-corrected chi connectivity index (χ2v) is 6.22. The third-order valence-corrected chi connectivity index (χ3v) is 5.26. The van der Waals surface area contributed by atoms with E-state index in [0.29, 0.717) is 24.0 Å². The smallest absolute Gasteiger partial charge is 0.243 e. The third kappa shape index (κ3) is 2.30. The van der Waals surface area contributed by atoms with E-state index in [4.69, 9.17) is 0 Å². The summed E-state index contributed by atoms with van der Waals surface area (Å²) in [7, 11) is -3.61. The minimum atomic E-state index is -3.61. The quantitative estimate of drug-likeness (QED) is 0.872. The summed E-state index contributed by atoms with van der Waals surface area (Å²) < 4.78 is 26.1. The number of H-pyrrole nitrogens is 1. The molecule has 0 radical (unpaired) electrons. The van der Waals surface area contributed by atoms with Crippen molar-refractivity contribution in [2.24, 2.45) is 0 Å². The summed E-state index contributed by atoms with van der Waals surface area (Å²) in [4.78, 5) is 13.8. The van der Waals surface area contributed by atoms with Crippen molar-refractivity contribution >= 4 is 26.9 Å². The molecule has 0 aliphatic heterocycles. The molecule has 0 unspecified atom stereocenters. The molecule has 2 rings (SSSR count). The van der Waals surface area contributed by atoms with Crippen molar-refractivity contribution in [3.8, 4) is 0 Å². The Balaban J connectivity index is 2.61. The Hall–Kier alpha value is -1.86. The van der Waals surface area contributed by atoms with Crippen molar-refractivity contribution < 1.29 is 18.3 Å². The zero-order valence-electron chi connectivity index (χ0n) is 11.2. The number of hydrogen-bond donors (Lipinski definition) is 1. The molecule has 1 heterocycles. The summed E-state index contributed by atoms with van der Waals surface area (Å²) in [5.74, 6) is -1.34. The highest BCUT2D eigenvalue weighted by molar-refractivity contribution is 7.89. The number of nitrogens with one attached hydrogen (secondary N) is 1. The number of carboxylic acids is 1. The van der Waals surface area contributed by atoms with Gasteiger partial charge in [0.2, 0.25) is 10.0 Å². The number of rotatable bonds is 5. The van der Waals surface area contributed by atoms with Crippen LogP contribution in [0.1, 0.15) is 24.2 Å². The molecule has 0 aliphatic carbocycles. The van der Waals surface area contributed by atoms with E-state index in [-0.39, 0.29) is 10.5 Å². The summed E-state index contributed by atoms with van der Waals surface area (Å²) in [5.41, 5.74) is 0.513. The molecule has 0 spiro atoms. The highest BCUT2D eigenvalue weighted by Gasteiger charge is 2.22. The third-order valence-electron chi connectivity index (χ3n) is 3.22. The van der Waals surface area contributed by atoms with Crippen LogP contribution in [0.25, 0.3) is 10.9 Å². The normalized spacial score (nSPS) is 12.2. The molecule has 0 fully saturated rings. The number of carboxylic acid groups (broad SMARTS) is 1. The number of fused-ring (bicyclic) bond motifs is 1. The second-order valence-electron chi connectivity index (χ2n) is 4.29. The lowest BCUT2D eigenvalue weighted by Crippen LogP contribution is -2.30. The van der Waals surface area contributed by atoms with Gasteiger partial charge < -0.3 is 14.9 Å². The summed E-state index contributed by atoms with van der Waals surface area (Å²) >= 11 is 0. The van der Waals surface area contributed by atoms with Crippen LogP contribution in [0.2, 0.25) is 0 Å². The van der Waals surface area contributed by atoms with Gasteiger partial charge in [-0.3, -0.25) is 0 Å². The number of aromatic nitrogens is 1. The van der Waals surface area contributed by atoms with Crippen LogP contribution in [0.3, 0.4) is 0 Å². The molecule has 108 valence electrons. The topological polar surface area (TPSA) is 93.3 Å². The average molecular weight is 295 g/mol. The molecule has 1 aromatic heterocycles. The number of hydrogen-bond acceptors (Lipinski definition) is 4. The van der Waals surface area contributed by atoms with Gasteiger partial charge >= 0.3 is 0 Å². The van der Waals surface area contributed by atoms with Crippen LogP contribution in [0, 0.1) is 0 Å². The fourth-order valence-corrected chi connectivity index (χ4v) is 3.63. The molecule has 0 aliphatic rings. The van der Waals surface area contributed by atoms with E-state index in [2.05, 4.69) is 4.98 Å². The van der Waals surface area contributed by atoms with E-state index >= 15 is 0 Å². The van der Waals surface area contributed by atoms with Gasteiger partial charge in [0, 0.05) is 35.8 Å². The molecule has 0 saturated heterocycles. The van der Waals surface area contributed by atoms with Gasteiger partial charge in [-0.05, 0) is 18.2 Å². The van der Waals surface area contributed by atoms with Gasteiger partial charge in [0.05, 0.1) is 10.9 Å². The SMILES string of the molecule is CCN(CC)S(=O)(=O)c1ccc2[nH]cc(C(=O)[O-])c2c1. The number of aromatic carboxylic acids is 1. The van der Waals surface area contributed by atoms with Crippen LogP contribution in [-0.4, -0.2) is 36.8 Å². The van der Waals surface area contributed by atoms with Gasteiger partial charge in [0.1, 0.15) is 0 Å². The highest BCUT2D eigenvalue weighted by atomic mass is 32.2. The molecule has 6 nitrogen and oxygen atoms in total. The Morgan fingerprint density at radius 3 is 2.50 bits per heavy atom. The van der Waals surface area contributed by atoms with E-state index in [0.717, 1.165) is 0 Å². The van der Waals surface area contributed by atoms with Crippen LogP contribution in [0.5, 0.6) is 0 Å². The van der Waals surface area contributed by atoms with E-state index in [9.17, 15) is 18.3 Å². The average Bonchev–Trinajstić information content (AvgIpc) is 2.82. The molecular weight excluding hydrogens is 280 g/mol. The molecule has 0 saturated carbocycles. The van der Waals surface area contributed by atoms with Gasteiger partial charge in [-0.2, -0.15) is 4.31 Å². The maximum atomic E-state index is 12.4. The number of carbonyl (C=O) groups excluding carboxylic acids is 1. The van der Waals surface area contributed by atoms with Crippen molar-refractivity contribution in [2.75, 3.05) is 13.1 Å². The van der Waals surface area contributed by atoms with Crippen LogP contribution in [0.4, 0.5) is 0 Å². The number of aromatic amines is 1. The standard InChI is InChI=1S/C13H16N2O4S/c1-3-15(4-2)20(18,19)9-5-6-12-10(7-9)11(8-14-12)13(16)17/h5-8,14H,3-4H2,1-2H3,(H,16,17)/p-1. The number of benzene rings is 1. The van der Waals surface area contributed by atoms with E-state index < -0.39 is 16.0 Å². The molecule has 1 N–H and O–H groups in total. The summed E-state index contributed by atoms with van der Waals surface area (Å²) in [5, 5.41) is 11.3. The first kappa shape index (κ1) is 14.5. The lowest BCUT2D eigenvalue weighted by Gasteiger charge is -2.18. The van der Waals surface area contributed by atoms with Crippen molar-refractivity contribution in [3.63, 3.8) is 0 Å². The Morgan fingerprint density at radius 2 is 1.95 bits per heavy atom. The van der Waals surface area contributed by atoms with Gasteiger partial charge in [-0.1, -0.05) is 13.8 Å². The van der Waals surface area contributed by atoms with Crippen LogP contribution in [-0.2, 0) is 10.0 Å². The molecular formula is C13H15N2O4S-. The Morgan fingerprint density at radius 1 is 1.30 bits per heavy atom. The van der Waals surface area contributed by atoms with Gasteiger partial charge in [-0.15, -0.1) is 0 Å². The van der Waals surface area contributed by atoms with Crippen molar-refractivity contribution in [1.82, 2.24) is 9.29 Å². The van der Waals surface area contributed by atoms with Gasteiger partial charge in [0.25, 0.3) is 0 Å². The van der Waals surface area contributed by atoms with Crippen LogP contribution < -0.4 is 5.11 Å². The first-order valence-corrected chi connectivity index (χ1v) is 7.68. The maximum Gasteiger partial charge on any atom is 0.243 e. The Kier molecular flexibility index (Phi) is 3.82. The highest BCUT2D eigenvalue weighted by Crippen LogP contribution is 2.24. The first-order chi connectivity index (χ1) is 9.41. The monoisotopic (exact) mass is 295 g/mol.